The van der Waals surface area contributed by atoms with E-state index in [-0.39, 0.29) is 0 Å². The van der Waals surface area contributed by atoms with Gasteiger partial charge in [-0.2, -0.15) is 0 Å². The number of benzene rings is 2. The molecule has 0 atom stereocenters. The van der Waals surface area contributed by atoms with Crippen molar-refractivity contribution in [1.29, 1.82) is 0 Å². The summed E-state index contributed by atoms with van der Waals surface area (Å²) in [7, 11) is 1.58. The van der Waals surface area contributed by atoms with Gasteiger partial charge in [0.05, 0.1) is 7.11 Å². The highest BCUT2D eigenvalue weighted by atomic mass is 16.5. The fourth-order valence-corrected chi connectivity index (χ4v) is 2.09. The number of hydrogen-bond donors (Lipinski definition) is 1. The number of ether oxygens (including phenoxy) is 1. The van der Waals surface area contributed by atoms with Gasteiger partial charge >= 0.3 is 5.97 Å². The second kappa shape index (κ2) is 4.92. The van der Waals surface area contributed by atoms with Gasteiger partial charge in [-0.15, -0.1) is 0 Å². The number of hydrogen-bond acceptors (Lipinski definition) is 2. The third-order valence-electron chi connectivity index (χ3n) is 2.85. The molecule has 0 fully saturated rings. The number of carboxylic acid groups (broad SMARTS) is 1. The number of allylic oxidation sites excluding steroid dienone is 1. The Bertz CT molecular complexity index is 627. The van der Waals surface area contributed by atoms with Crippen LogP contribution in [-0.4, -0.2) is 18.2 Å². The van der Waals surface area contributed by atoms with Gasteiger partial charge in [0, 0.05) is 11.6 Å². The lowest BCUT2D eigenvalue weighted by Crippen LogP contribution is -1.95. The molecule has 0 amide bonds. The Hall–Kier alpha value is -2.29. The fourth-order valence-electron chi connectivity index (χ4n) is 2.09. The van der Waals surface area contributed by atoms with E-state index in [1.165, 1.54) is 6.08 Å². The van der Waals surface area contributed by atoms with Crippen LogP contribution in [-0.2, 0) is 4.79 Å². The molecule has 0 unspecified atom stereocenters. The zero-order valence-corrected chi connectivity index (χ0v) is 10.3. The summed E-state index contributed by atoms with van der Waals surface area (Å²) in [6.45, 7) is 1.78. The monoisotopic (exact) mass is 242 g/mol. The normalized spacial score (nSPS) is 11.6. The van der Waals surface area contributed by atoms with Gasteiger partial charge in [0.25, 0.3) is 0 Å². The SMILES string of the molecule is COc1ccc2ccccc2c1/C(C)=C\C(=O)O. The molecule has 0 heterocycles. The maximum absolute atomic E-state index is 10.8. The molecule has 92 valence electrons. The summed E-state index contributed by atoms with van der Waals surface area (Å²) in [6.07, 6.45) is 1.20. The van der Waals surface area contributed by atoms with Crippen LogP contribution >= 0.6 is 0 Å². The van der Waals surface area contributed by atoms with Crippen LogP contribution in [0.3, 0.4) is 0 Å². The van der Waals surface area contributed by atoms with Crippen molar-refractivity contribution in [3.8, 4) is 5.75 Å². The quantitative estimate of drug-likeness (QED) is 0.840. The van der Waals surface area contributed by atoms with Gasteiger partial charge in [-0.25, -0.2) is 4.79 Å². The van der Waals surface area contributed by atoms with Crippen LogP contribution in [0.2, 0.25) is 0 Å². The van der Waals surface area contributed by atoms with Crippen molar-refractivity contribution in [2.75, 3.05) is 7.11 Å². The highest BCUT2D eigenvalue weighted by Gasteiger charge is 2.10. The summed E-state index contributed by atoms with van der Waals surface area (Å²) < 4.78 is 5.32. The van der Waals surface area contributed by atoms with E-state index in [4.69, 9.17) is 9.84 Å². The maximum atomic E-state index is 10.8. The molecule has 0 aromatic heterocycles. The van der Waals surface area contributed by atoms with E-state index < -0.39 is 5.97 Å². The number of fused-ring (bicyclic) bond motifs is 1. The Labute approximate surface area is 105 Å². The Balaban J connectivity index is 2.76. The molecule has 0 bridgehead atoms. The molecule has 2 aromatic rings. The standard InChI is InChI=1S/C15H14O3/c1-10(9-14(16)17)15-12-6-4-3-5-11(12)7-8-13(15)18-2/h3-9H,1-2H3,(H,16,17)/b10-9-. The van der Waals surface area contributed by atoms with Crippen molar-refractivity contribution >= 4 is 22.3 Å². The third-order valence-corrected chi connectivity index (χ3v) is 2.85. The van der Waals surface area contributed by atoms with Gasteiger partial charge in [0.2, 0.25) is 0 Å². The molecule has 3 nitrogen and oxygen atoms in total. The highest BCUT2D eigenvalue weighted by molar-refractivity contribution is 6.00. The van der Waals surface area contributed by atoms with E-state index in [0.717, 1.165) is 16.3 Å². The van der Waals surface area contributed by atoms with Crippen LogP contribution in [0.25, 0.3) is 16.3 Å². The predicted octanol–water partition coefficient (Wildman–Crippen LogP) is 3.34. The lowest BCUT2D eigenvalue weighted by atomic mass is 9.98. The Morgan fingerprint density at radius 3 is 2.61 bits per heavy atom. The zero-order chi connectivity index (χ0) is 13.1. The first-order valence-electron chi connectivity index (χ1n) is 5.61. The molecule has 0 saturated heterocycles. The van der Waals surface area contributed by atoms with Gasteiger partial charge in [0.1, 0.15) is 5.75 Å². The first-order chi connectivity index (χ1) is 8.63. The molecule has 0 aliphatic heterocycles. The van der Waals surface area contributed by atoms with Crippen LogP contribution in [0, 0.1) is 0 Å². The summed E-state index contributed by atoms with van der Waals surface area (Å²) in [5.74, 6) is -0.272. The van der Waals surface area contributed by atoms with Gasteiger partial charge in [0.15, 0.2) is 0 Å². The molecule has 0 saturated carbocycles. The molecular formula is C15H14O3. The van der Waals surface area contributed by atoms with E-state index in [2.05, 4.69) is 0 Å². The highest BCUT2D eigenvalue weighted by Crippen LogP contribution is 2.33. The average Bonchev–Trinajstić information content (AvgIpc) is 2.36. The Morgan fingerprint density at radius 2 is 1.94 bits per heavy atom. The molecule has 18 heavy (non-hydrogen) atoms. The Kier molecular flexibility index (Phi) is 3.33. The zero-order valence-electron chi connectivity index (χ0n) is 10.3. The van der Waals surface area contributed by atoms with Crippen LogP contribution in [0.1, 0.15) is 12.5 Å². The Morgan fingerprint density at radius 1 is 1.22 bits per heavy atom. The van der Waals surface area contributed by atoms with Crippen molar-refractivity contribution in [2.45, 2.75) is 6.92 Å². The number of methoxy groups -OCH3 is 1. The van der Waals surface area contributed by atoms with Crippen LogP contribution in [0.4, 0.5) is 0 Å². The summed E-state index contributed by atoms with van der Waals surface area (Å²) in [4.78, 5) is 10.8. The second-order valence-corrected chi connectivity index (χ2v) is 4.03. The summed E-state index contributed by atoms with van der Waals surface area (Å²) in [5, 5.41) is 10.9. The lowest BCUT2D eigenvalue weighted by molar-refractivity contribution is -0.131. The van der Waals surface area contributed by atoms with Crippen molar-refractivity contribution in [2.24, 2.45) is 0 Å². The van der Waals surface area contributed by atoms with Gasteiger partial charge in [-0.1, -0.05) is 30.3 Å². The predicted molar refractivity (Wildman–Crippen MR) is 71.8 cm³/mol. The van der Waals surface area contributed by atoms with Crippen LogP contribution < -0.4 is 4.74 Å². The molecule has 0 aliphatic carbocycles. The van der Waals surface area contributed by atoms with Crippen molar-refractivity contribution < 1.29 is 14.6 Å². The summed E-state index contributed by atoms with van der Waals surface area (Å²) >= 11 is 0. The van der Waals surface area contributed by atoms with E-state index >= 15 is 0 Å². The van der Waals surface area contributed by atoms with E-state index in [1.54, 1.807) is 14.0 Å². The van der Waals surface area contributed by atoms with Crippen molar-refractivity contribution in [3.05, 3.63) is 48.0 Å². The number of carboxylic acids is 1. The number of rotatable bonds is 3. The summed E-state index contributed by atoms with van der Waals surface area (Å²) in [5.41, 5.74) is 1.51. The van der Waals surface area contributed by atoms with Gasteiger partial charge in [-0.05, 0) is 29.3 Å². The van der Waals surface area contributed by atoms with E-state index in [0.29, 0.717) is 11.3 Å². The molecule has 1 N–H and O–H groups in total. The van der Waals surface area contributed by atoms with Crippen LogP contribution in [0.15, 0.2) is 42.5 Å². The first kappa shape index (κ1) is 12.2. The minimum Gasteiger partial charge on any atom is -0.496 e. The van der Waals surface area contributed by atoms with Crippen molar-refractivity contribution in [3.63, 3.8) is 0 Å². The minimum atomic E-state index is -0.956. The molecule has 3 heteroatoms. The average molecular weight is 242 g/mol. The lowest BCUT2D eigenvalue weighted by Gasteiger charge is -2.12. The van der Waals surface area contributed by atoms with Gasteiger partial charge in [-0.3, -0.25) is 0 Å². The van der Waals surface area contributed by atoms with Crippen molar-refractivity contribution in [1.82, 2.24) is 0 Å². The largest absolute Gasteiger partial charge is 0.496 e. The second-order valence-electron chi connectivity index (χ2n) is 4.03. The molecular weight excluding hydrogens is 228 g/mol. The molecule has 0 radical (unpaired) electrons. The smallest absolute Gasteiger partial charge is 0.328 e. The molecule has 2 rings (SSSR count). The fraction of sp³-hybridized carbons (Fsp3) is 0.133. The summed E-state index contributed by atoms with van der Waals surface area (Å²) in [6, 6.07) is 11.7. The molecule has 2 aromatic carbocycles. The third kappa shape index (κ3) is 2.20. The van der Waals surface area contributed by atoms with E-state index in [1.807, 2.05) is 36.4 Å². The topological polar surface area (TPSA) is 46.5 Å². The van der Waals surface area contributed by atoms with Gasteiger partial charge < -0.3 is 9.84 Å². The number of aliphatic carboxylic acids is 1. The molecule has 0 spiro atoms. The van der Waals surface area contributed by atoms with Crippen LogP contribution in [0.5, 0.6) is 5.75 Å². The maximum Gasteiger partial charge on any atom is 0.328 e. The first-order valence-corrected chi connectivity index (χ1v) is 5.61. The minimum absolute atomic E-state index is 0.677. The number of carbonyl (C=O) groups is 1. The van der Waals surface area contributed by atoms with E-state index in [9.17, 15) is 4.79 Å². The molecule has 0 aliphatic rings.